The van der Waals surface area contributed by atoms with E-state index in [-0.39, 0.29) is 5.92 Å². The molecule has 0 saturated carbocycles. The van der Waals surface area contributed by atoms with Gasteiger partial charge in [-0.05, 0) is 13.5 Å². The average molecular weight is 399 g/mol. The zero-order valence-corrected chi connectivity index (χ0v) is 16.1. The van der Waals surface area contributed by atoms with Crippen LogP contribution in [-0.2, 0) is 14.3 Å². The molecule has 156 valence electrons. The Balaban J connectivity index is 2.35. The van der Waals surface area contributed by atoms with E-state index in [9.17, 15) is 19.8 Å². The summed E-state index contributed by atoms with van der Waals surface area (Å²) >= 11 is 0. The average Bonchev–Trinajstić information content (AvgIpc) is 3.05. The maximum absolute atomic E-state index is 12.2. The quantitative estimate of drug-likeness (QED) is 0.505. The number of benzene rings is 1. The standard InChI is InChI=1S/C18H25NO9/c1-19-6-5-10(16(19)28-18(24)15(21)14(20)17(22)23)13-11(26-3)7-9(25-2)8-12(13)27-4/h7-8,10,14-16,20-21H,5-6H2,1-4H3,(H,22,23). The van der Waals surface area contributed by atoms with Gasteiger partial charge in [-0.15, -0.1) is 0 Å². The van der Waals surface area contributed by atoms with Crippen molar-refractivity contribution >= 4 is 11.9 Å². The number of aliphatic hydroxyl groups excluding tert-OH is 2. The second-order valence-corrected chi connectivity index (χ2v) is 6.38. The number of likely N-dealkylation sites (N-methyl/N-ethyl adjacent to an activating group) is 1. The number of nitrogens with zero attached hydrogens (tertiary/aromatic N) is 1. The lowest BCUT2D eigenvalue weighted by molar-refractivity contribution is -0.179. The lowest BCUT2D eigenvalue weighted by atomic mass is 9.94. The summed E-state index contributed by atoms with van der Waals surface area (Å²) in [5.41, 5.74) is 0.654. The molecule has 4 unspecified atom stereocenters. The molecule has 0 aromatic heterocycles. The Morgan fingerprint density at radius 3 is 2.11 bits per heavy atom. The van der Waals surface area contributed by atoms with Crippen LogP contribution in [0.2, 0.25) is 0 Å². The first-order chi connectivity index (χ1) is 13.2. The van der Waals surface area contributed by atoms with Gasteiger partial charge in [0.05, 0.1) is 21.3 Å². The summed E-state index contributed by atoms with van der Waals surface area (Å²) in [7, 11) is 6.21. The fourth-order valence-corrected chi connectivity index (χ4v) is 3.23. The molecular weight excluding hydrogens is 374 g/mol. The third-order valence-corrected chi connectivity index (χ3v) is 4.73. The third kappa shape index (κ3) is 4.29. The molecule has 4 atom stereocenters. The Morgan fingerprint density at radius 1 is 1.07 bits per heavy atom. The van der Waals surface area contributed by atoms with E-state index < -0.39 is 30.4 Å². The minimum absolute atomic E-state index is 0.376. The third-order valence-electron chi connectivity index (χ3n) is 4.73. The van der Waals surface area contributed by atoms with E-state index in [2.05, 4.69) is 0 Å². The van der Waals surface area contributed by atoms with Gasteiger partial charge in [-0.3, -0.25) is 4.90 Å². The lowest BCUT2D eigenvalue weighted by Crippen LogP contribution is -2.44. The molecule has 1 saturated heterocycles. The van der Waals surface area contributed by atoms with Crippen LogP contribution >= 0.6 is 0 Å². The number of carboxylic acids is 1. The predicted octanol–water partition coefficient (Wildman–Crippen LogP) is -0.193. The maximum Gasteiger partial charge on any atom is 0.339 e. The van der Waals surface area contributed by atoms with Gasteiger partial charge in [0.15, 0.2) is 18.4 Å². The number of carbonyl (C=O) groups is 2. The Hall–Kier alpha value is -2.56. The van der Waals surface area contributed by atoms with E-state index in [4.69, 9.17) is 24.1 Å². The summed E-state index contributed by atoms with van der Waals surface area (Å²) in [6, 6.07) is 3.36. The molecule has 0 amide bonds. The van der Waals surface area contributed by atoms with Crippen LogP contribution in [0.1, 0.15) is 17.9 Å². The van der Waals surface area contributed by atoms with Gasteiger partial charge in [0.25, 0.3) is 0 Å². The molecular formula is C18H25NO9. The Kier molecular flexibility index (Phi) is 7.05. The number of hydrogen-bond acceptors (Lipinski definition) is 9. The van der Waals surface area contributed by atoms with Crippen molar-refractivity contribution < 1.29 is 43.9 Å². The number of carboxylic acid groups (broad SMARTS) is 1. The van der Waals surface area contributed by atoms with Crippen LogP contribution < -0.4 is 14.2 Å². The van der Waals surface area contributed by atoms with Crippen LogP contribution in [-0.4, -0.2) is 85.5 Å². The summed E-state index contributed by atoms with van der Waals surface area (Å²) in [4.78, 5) is 24.7. The van der Waals surface area contributed by atoms with E-state index in [0.717, 1.165) is 0 Å². The highest BCUT2D eigenvalue weighted by molar-refractivity contribution is 5.84. The van der Waals surface area contributed by atoms with Gasteiger partial charge in [-0.2, -0.15) is 0 Å². The molecule has 1 fully saturated rings. The monoisotopic (exact) mass is 399 g/mol. The molecule has 3 N–H and O–H groups in total. The highest BCUT2D eigenvalue weighted by Crippen LogP contribution is 2.45. The molecule has 10 nitrogen and oxygen atoms in total. The van der Waals surface area contributed by atoms with E-state index in [1.807, 2.05) is 0 Å². The first kappa shape index (κ1) is 21.7. The van der Waals surface area contributed by atoms with Gasteiger partial charge in [0.2, 0.25) is 0 Å². The second kappa shape index (κ2) is 9.09. The number of esters is 1. The lowest BCUT2D eigenvalue weighted by Gasteiger charge is -2.28. The van der Waals surface area contributed by atoms with Crippen molar-refractivity contribution in [2.24, 2.45) is 0 Å². The van der Waals surface area contributed by atoms with Crippen LogP contribution in [0.4, 0.5) is 0 Å². The summed E-state index contributed by atoms with van der Waals surface area (Å²) in [5.74, 6) is -1.85. The Bertz CT molecular complexity index is 698. The van der Waals surface area contributed by atoms with Gasteiger partial charge >= 0.3 is 11.9 Å². The molecule has 10 heteroatoms. The maximum atomic E-state index is 12.2. The highest BCUT2D eigenvalue weighted by atomic mass is 16.6. The molecule has 2 rings (SSSR count). The van der Waals surface area contributed by atoms with Gasteiger partial charge in [0.1, 0.15) is 17.2 Å². The normalized spacial score (nSPS) is 21.6. The van der Waals surface area contributed by atoms with Crippen molar-refractivity contribution in [3.05, 3.63) is 17.7 Å². The second-order valence-electron chi connectivity index (χ2n) is 6.38. The number of hydrogen-bond donors (Lipinski definition) is 3. The molecule has 1 aromatic rings. The van der Waals surface area contributed by atoms with Gasteiger partial charge in [-0.1, -0.05) is 0 Å². The summed E-state index contributed by atoms with van der Waals surface area (Å²) in [5, 5.41) is 27.9. The molecule has 1 heterocycles. The van der Waals surface area contributed by atoms with E-state index in [0.29, 0.717) is 35.8 Å². The van der Waals surface area contributed by atoms with Crippen LogP contribution in [0.3, 0.4) is 0 Å². The van der Waals surface area contributed by atoms with Crippen molar-refractivity contribution in [1.29, 1.82) is 0 Å². The topological polar surface area (TPSA) is 135 Å². The number of aliphatic hydroxyl groups is 2. The largest absolute Gasteiger partial charge is 0.496 e. The number of methoxy groups -OCH3 is 3. The molecule has 0 spiro atoms. The van der Waals surface area contributed by atoms with Crippen LogP contribution in [0, 0.1) is 0 Å². The summed E-state index contributed by atoms with van der Waals surface area (Å²) in [6.45, 7) is 0.568. The Morgan fingerprint density at radius 2 is 1.64 bits per heavy atom. The minimum atomic E-state index is -2.28. The number of carbonyl (C=O) groups excluding carboxylic acids is 1. The first-order valence-corrected chi connectivity index (χ1v) is 8.54. The van der Waals surface area contributed by atoms with Crippen molar-refractivity contribution in [3.8, 4) is 17.2 Å². The van der Waals surface area contributed by atoms with E-state index >= 15 is 0 Å². The van der Waals surface area contributed by atoms with Gasteiger partial charge in [-0.25, -0.2) is 9.59 Å². The molecule has 28 heavy (non-hydrogen) atoms. The highest BCUT2D eigenvalue weighted by Gasteiger charge is 2.42. The van der Waals surface area contributed by atoms with Crippen molar-refractivity contribution in [2.75, 3.05) is 34.9 Å². The number of aliphatic carboxylic acids is 1. The van der Waals surface area contributed by atoms with E-state index in [1.165, 1.54) is 21.3 Å². The summed E-state index contributed by atoms with van der Waals surface area (Å²) in [6.07, 6.45) is -4.71. The molecule has 0 radical (unpaired) electrons. The van der Waals surface area contributed by atoms with Crippen molar-refractivity contribution in [2.45, 2.75) is 30.8 Å². The SMILES string of the molecule is COc1cc(OC)c(C2CCN(C)C2OC(=O)C(O)C(O)C(=O)O)c(OC)c1. The molecule has 1 aliphatic heterocycles. The fraction of sp³-hybridized carbons (Fsp3) is 0.556. The predicted molar refractivity (Wildman–Crippen MR) is 95.6 cm³/mol. The van der Waals surface area contributed by atoms with Crippen molar-refractivity contribution in [1.82, 2.24) is 4.90 Å². The molecule has 0 bridgehead atoms. The van der Waals surface area contributed by atoms with E-state index in [1.54, 1.807) is 24.1 Å². The minimum Gasteiger partial charge on any atom is -0.496 e. The smallest absolute Gasteiger partial charge is 0.339 e. The summed E-state index contributed by atoms with van der Waals surface area (Å²) < 4.78 is 21.5. The molecule has 0 aliphatic carbocycles. The fourth-order valence-electron chi connectivity index (χ4n) is 3.23. The first-order valence-electron chi connectivity index (χ1n) is 8.54. The van der Waals surface area contributed by atoms with Crippen LogP contribution in [0.25, 0.3) is 0 Å². The van der Waals surface area contributed by atoms with Gasteiger partial charge < -0.3 is 34.3 Å². The van der Waals surface area contributed by atoms with Crippen molar-refractivity contribution in [3.63, 3.8) is 0 Å². The van der Waals surface area contributed by atoms with Crippen LogP contribution in [0.15, 0.2) is 12.1 Å². The Labute approximate surface area is 162 Å². The number of ether oxygens (including phenoxy) is 4. The molecule has 1 aromatic carbocycles. The molecule has 1 aliphatic rings. The van der Waals surface area contributed by atoms with Gasteiger partial charge in [0, 0.05) is 30.2 Å². The number of likely N-dealkylation sites (tertiary alicyclic amines) is 1. The van der Waals surface area contributed by atoms with Crippen LogP contribution in [0.5, 0.6) is 17.2 Å². The zero-order valence-electron chi connectivity index (χ0n) is 16.1. The number of rotatable bonds is 8. The zero-order chi connectivity index (χ0) is 21.0.